The maximum atomic E-state index is 2.85. The van der Waals surface area contributed by atoms with Crippen molar-refractivity contribution in [3.05, 3.63) is 191 Å². The van der Waals surface area contributed by atoms with Gasteiger partial charge in [-0.3, -0.25) is 0 Å². The molecule has 0 heterocycles. The van der Waals surface area contributed by atoms with E-state index in [0.29, 0.717) is 0 Å². The third kappa shape index (κ3) is 15.0. The van der Waals surface area contributed by atoms with Crippen molar-refractivity contribution in [2.75, 3.05) is 9.80 Å². The van der Waals surface area contributed by atoms with Crippen LogP contribution in [0, 0.1) is 0 Å². The molecule has 0 bridgehead atoms. The van der Waals surface area contributed by atoms with Gasteiger partial charge in [0.05, 0.1) is 0 Å². The van der Waals surface area contributed by atoms with Gasteiger partial charge in [-0.1, -0.05) is 296 Å². The van der Waals surface area contributed by atoms with E-state index in [-0.39, 0.29) is 21.7 Å². The van der Waals surface area contributed by atoms with Crippen LogP contribution < -0.4 is 9.80 Å². The SMILES string of the molecule is CCCCCCCCC1(CCCCCCCC)c2cc(N(c3ccccc3)c3ccc(C(C)(C)C)cc3)ccc2-c2cc3c(cc21)-c1ccc(N(c2ccccc2)c2ccc(C(C)(C)C)cc2)cc1C3(CCCCCCCC)CCCCCCCC. The molecule has 7 aromatic rings. The number of fused-ring (bicyclic) bond motifs is 6. The van der Waals surface area contributed by atoms with Crippen molar-refractivity contribution >= 4 is 34.1 Å². The quantitative estimate of drug-likeness (QED) is 0.0371. The summed E-state index contributed by atoms with van der Waals surface area (Å²) in [5, 5.41) is 0. The Hall–Kier alpha value is -5.86. The molecular formula is C84H112N2. The highest BCUT2D eigenvalue weighted by atomic mass is 15.1. The second-order valence-electron chi connectivity index (χ2n) is 28.6. The second kappa shape index (κ2) is 30.4. The molecule has 2 aliphatic carbocycles. The highest BCUT2D eigenvalue weighted by molar-refractivity contribution is 5.93. The van der Waals surface area contributed by atoms with E-state index in [1.807, 2.05) is 0 Å². The molecule has 0 saturated heterocycles. The van der Waals surface area contributed by atoms with E-state index < -0.39 is 0 Å². The molecular weight excluding hydrogens is 1040 g/mol. The Balaban J connectivity index is 1.26. The Labute approximate surface area is 525 Å². The van der Waals surface area contributed by atoms with Gasteiger partial charge in [0.2, 0.25) is 0 Å². The van der Waals surface area contributed by atoms with E-state index in [2.05, 4.69) is 237 Å². The molecule has 0 fully saturated rings. The van der Waals surface area contributed by atoms with Crippen LogP contribution in [-0.4, -0.2) is 0 Å². The number of unbranched alkanes of at least 4 members (excludes halogenated alkanes) is 20. The van der Waals surface area contributed by atoms with Gasteiger partial charge >= 0.3 is 0 Å². The third-order valence-corrected chi connectivity index (χ3v) is 20.2. The van der Waals surface area contributed by atoms with Crippen LogP contribution in [0.2, 0.25) is 0 Å². The van der Waals surface area contributed by atoms with E-state index in [9.17, 15) is 0 Å². The molecule has 458 valence electrons. The number of anilines is 6. The first-order chi connectivity index (χ1) is 41.8. The monoisotopic (exact) mass is 1150 g/mol. The fourth-order valence-corrected chi connectivity index (χ4v) is 15.2. The standard InChI is InChI=1S/C84H112N2/c1-11-15-19-23-27-37-57-83(58-38-28-24-20-16-12-2)77-61-71(85(67-41-33-31-34-42-67)69-49-45-65(46-50-69)81(5,6)7)53-55-73(77)75-64-80-76(63-79(75)83)74-56-54-72(86(68-43-35-32-36-44-68)70-51-47-66(48-52-70)82(8,9)10)62-78(74)84(80,59-39-29-25-21-17-13-3)60-40-30-26-22-18-14-4/h31-36,41-56,61-64H,11-30,37-40,57-60H2,1-10H3. The van der Waals surface area contributed by atoms with Crippen LogP contribution in [0.5, 0.6) is 0 Å². The molecule has 0 aromatic heterocycles. The lowest BCUT2D eigenvalue weighted by Gasteiger charge is -2.35. The van der Waals surface area contributed by atoms with Crippen LogP contribution in [0.25, 0.3) is 22.3 Å². The fraction of sp³-hybridized carbons (Fsp3) is 0.500. The van der Waals surface area contributed by atoms with Crippen molar-refractivity contribution in [2.24, 2.45) is 0 Å². The molecule has 0 atom stereocenters. The van der Waals surface area contributed by atoms with Gasteiger partial charge in [0.15, 0.2) is 0 Å². The Kier molecular flexibility index (Phi) is 22.8. The predicted octanol–water partition coefficient (Wildman–Crippen LogP) is 26.8. The topological polar surface area (TPSA) is 6.48 Å². The second-order valence-corrected chi connectivity index (χ2v) is 28.6. The first kappa shape index (κ1) is 64.6. The molecule has 0 unspecified atom stereocenters. The molecule has 2 nitrogen and oxygen atoms in total. The van der Waals surface area contributed by atoms with Crippen LogP contribution in [0.3, 0.4) is 0 Å². The minimum atomic E-state index is -0.100. The molecule has 0 N–H and O–H groups in total. The zero-order chi connectivity index (χ0) is 60.6. The summed E-state index contributed by atoms with van der Waals surface area (Å²) in [6.45, 7) is 23.4. The van der Waals surface area contributed by atoms with Gasteiger partial charge in [-0.05, 0) is 177 Å². The van der Waals surface area contributed by atoms with Crippen molar-refractivity contribution < 1.29 is 0 Å². The predicted molar refractivity (Wildman–Crippen MR) is 378 cm³/mol. The van der Waals surface area contributed by atoms with Gasteiger partial charge in [0, 0.05) is 45.0 Å². The van der Waals surface area contributed by atoms with E-state index in [0.717, 1.165) is 0 Å². The Morgan fingerprint density at radius 3 is 0.802 bits per heavy atom. The Bertz CT molecular complexity index is 2920. The summed E-state index contributed by atoms with van der Waals surface area (Å²) in [6.07, 6.45) is 36.1. The number of hydrogen-bond acceptors (Lipinski definition) is 2. The molecule has 0 radical (unpaired) electrons. The van der Waals surface area contributed by atoms with Crippen molar-refractivity contribution in [1.29, 1.82) is 0 Å². The van der Waals surface area contributed by atoms with Gasteiger partial charge in [0.1, 0.15) is 0 Å². The summed E-state index contributed by atoms with van der Waals surface area (Å²) in [5.74, 6) is 0. The molecule has 0 aliphatic heterocycles. The molecule has 0 amide bonds. The fourth-order valence-electron chi connectivity index (χ4n) is 15.2. The summed E-state index contributed by atoms with van der Waals surface area (Å²) in [5.41, 5.74) is 22.5. The summed E-state index contributed by atoms with van der Waals surface area (Å²) in [4.78, 5) is 5.10. The number of nitrogens with zero attached hydrogens (tertiary/aromatic N) is 2. The minimum Gasteiger partial charge on any atom is -0.310 e. The number of rotatable bonds is 34. The Morgan fingerprint density at radius 2 is 0.512 bits per heavy atom. The third-order valence-electron chi connectivity index (χ3n) is 20.2. The molecule has 7 aromatic carbocycles. The normalized spacial score (nSPS) is 13.8. The molecule has 2 heteroatoms. The van der Waals surface area contributed by atoms with Gasteiger partial charge in [-0.15, -0.1) is 0 Å². The lowest BCUT2D eigenvalue weighted by molar-refractivity contribution is 0.394. The Morgan fingerprint density at radius 1 is 0.256 bits per heavy atom. The maximum Gasteiger partial charge on any atom is 0.0465 e. The minimum absolute atomic E-state index is 0.0769. The number of para-hydroxylation sites is 2. The maximum absolute atomic E-state index is 2.85. The summed E-state index contributed by atoms with van der Waals surface area (Å²) in [7, 11) is 0. The first-order valence-corrected chi connectivity index (χ1v) is 35.2. The van der Waals surface area contributed by atoms with Gasteiger partial charge < -0.3 is 9.80 Å². The largest absolute Gasteiger partial charge is 0.310 e. The zero-order valence-corrected chi connectivity index (χ0v) is 55.7. The first-order valence-electron chi connectivity index (χ1n) is 35.2. The number of hydrogen-bond donors (Lipinski definition) is 0. The average molecular weight is 1150 g/mol. The van der Waals surface area contributed by atoms with E-state index >= 15 is 0 Å². The van der Waals surface area contributed by atoms with E-state index in [1.54, 1.807) is 22.3 Å². The van der Waals surface area contributed by atoms with Crippen molar-refractivity contribution in [3.63, 3.8) is 0 Å². The molecule has 0 spiro atoms. The van der Waals surface area contributed by atoms with E-state index in [4.69, 9.17) is 0 Å². The molecule has 0 saturated carbocycles. The van der Waals surface area contributed by atoms with Gasteiger partial charge in [-0.25, -0.2) is 0 Å². The number of benzene rings is 7. The van der Waals surface area contributed by atoms with Crippen molar-refractivity contribution in [3.8, 4) is 22.3 Å². The lowest BCUT2D eigenvalue weighted by Crippen LogP contribution is -2.27. The smallest absolute Gasteiger partial charge is 0.0465 e. The van der Waals surface area contributed by atoms with Crippen LogP contribution >= 0.6 is 0 Å². The van der Waals surface area contributed by atoms with Crippen LogP contribution in [0.4, 0.5) is 34.1 Å². The summed E-state index contributed by atoms with van der Waals surface area (Å²) >= 11 is 0. The van der Waals surface area contributed by atoms with Gasteiger partial charge in [0.25, 0.3) is 0 Å². The lowest BCUT2D eigenvalue weighted by atomic mass is 9.68. The van der Waals surface area contributed by atoms with E-state index in [1.165, 1.54) is 247 Å². The van der Waals surface area contributed by atoms with Gasteiger partial charge in [-0.2, -0.15) is 0 Å². The molecule has 9 rings (SSSR count). The highest BCUT2D eigenvalue weighted by Gasteiger charge is 2.48. The zero-order valence-electron chi connectivity index (χ0n) is 55.7. The molecule has 86 heavy (non-hydrogen) atoms. The molecule has 2 aliphatic rings. The van der Waals surface area contributed by atoms with Crippen LogP contribution in [0.1, 0.15) is 282 Å². The summed E-state index contributed by atoms with van der Waals surface area (Å²) < 4.78 is 0. The average Bonchev–Trinajstić information content (AvgIpc) is 1.54. The van der Waals surface area contributed by atoms with Crippen molar-refractivity contribution in [1.82, 2.24) is 0 Å². The van der Waals surface area contributed by atoms with Crippen LogP contribution in [-0.2, 0) is 21.7 Å². The van der Waals surface area contributed by atoms with Crippen molar-refractivity contribution in [2.45, 2.75) is 271 Å². The highest BCUT2D eigenvalue weighted by Crippen LogP contribution is 2.62. The summed E-state index contributed by atoms with van der Waals surface area (Å²) in [6, 6.07) is 62.6. The van der Waals surface area contributed by atoms with Crippen LogP contribution in [0.15, 0.2) is 158 Å².